The van der Waals surface area contributed by atoms with Gasteiger partial charge in [-0.3, -0.25) is 4.79 Å². The first kappa shape index (κ1) is 15.3. The molecule has 1 amide bonds. The molecule has 112 valence electrons. The van der Waals surface area contributed by atoms with E-state index in [9.17, 15) is 9.18 Å². The van der Waals surface area contributed by atoms with Crippen molar-refractivity contribution in [3.63, 3.8) is 0 Å². The molecule has 5 heteroatoms. The largest absolute Gasteiger partial charge is 0.394 e. The summed E-state index contributed by atoms with van der Waals surface area (Å²) in [5.41, 5.74) is 2.34. The third-order valence-electron chi connectivity index (χ3n) is 3.42. The fraction of sp³-hybridized carbons (Fsp3) is 0.312. The molecule has 0 spiro atoms. The van der Waals surface area contributed by atoms with Crippen molar-refractivity contribution in [3.8, 4) is 5.69 Å². The molecule has 0 aliphatic carbocycles. The Bertz CT molecular complexity index is 664. The summed E-state index contributed by atoms with van der Waals surface area (Å²) in [5, 5.41) is 11.7. The van der Waals surface area contributed by atoms with Crippen LogP contribution in [0.5, 0.6) is 0 Å². The van der Waals surface area contributed by atoms with Gasteiger partial charge in [0.15, 0.2) is 0 Å². The first-order valence-electron chi connectivity index (χ1n) is 6.81. The van der Waals surface area contributed by atoms with E-state index in [4.69, 9.17) is 5.11 Å². The number of aryl methyl sites for hydroxylation is 1. The molecule has 0 saturated carbocycles. The van der Waals surface area contributed by atoms with Crippen molar-refractivity contribution >= 4 is 5.91 Å². The van der Waals surface area contributed by atoms with Crippen molar-refractivity contribution in [2.45, 2.75) is 26.8 Å². The summed E-state index contributed by atoms with van der Waals surface area (Å²) in [6.45, 7) is 5.19. The number of amides is 1. The van der Waals surface area contributed by atoms with E-state index in [2.05, 4.69) is 5.32 Å². The highest BCUT2D eigenvalue weighted by Crippen LogP contribution is 2.22. The molecule has 2 aromatic rings. The molecule has 2 rings (SSSR count). The number of aliphatic hydroxyl groups excluding tert-OH is 1. The van der Waals surface area contributed by atoms with E-state index in [1.54, 1.807) is 42.7 Å². The van der Waals surface area contributed by atoms with Gasteiger partial charge in [0.1, 0.15) is 5.82 Å². The van der Waals surface area contributed by atoms with E-state index in [1.807, 2.05) is 6.92 Å². The zero-order valence-corrected chi connectivity index (χ0v) is 12.4. The predicted molar refractivity (Wildman–Crippen MR) is 79.2 cm³/mol. The molecule has 1 heterocycles. The van der Waals surface area contributed by atoms with Crippen LogP contribution >= 0.6 is 0 Å². The zero-order chi connectivity index (χ0) is 15.6. The molecule has 0 saturated heterocycles. The second-order valence-electron chi connectivity index (χ2n) is 5.13. The first-order valence-corrected chi connectivity index (χ1v) is 6.81. The number of nitrogens with zero attached hydrogens (tertiary/aromatic N) is 1. The SMILES string of the molecule is Cc1cc(C(=O)N[C@@H](C)CO)c(C)n1-c1ccccc1F. The van der Waals surface area contributed by atoms with Crippen LogP contribution < -0.4 is 5.32 Å². The van der Waals surface area contributed by atoms with Gasteiger partial charge in [0.25, 0.3) is 5.91 Å². The Kier molecular flexibility index (Phi) is 4.43. The number of carbonyl (C=O) groups is 1. The molecule has 0 fully saturated rings. The summed E-state index contributed by atoms with van der Waals surface area (Å²) >= 11 is 0. The lowest BCUT2D eigenvalue weighted by molar-refractivity contribution is 0.0921. The lowest BCUT2D eigenvalue weighted by Gasteiger charge is -2.12. The van der Waals surface area contributed by atoms with Gasteiger partial charge in [-0.2, -0.15) is 0 Å². The van der Waals surface area contributed by atoms with Crippen molar-refractivity contribution in [2.24, 2.45) is 0 Å². The van der Waals surface area contributed by atoms with E-state index >= 15 is 0 Å². The Hall–Kier alpha value is -2.14. The molecular weight excluding hydrogens is 271 g/mol. The molecule has 0 unspecified atom stereocenters. The lowest BCUT2D eigenvalue weighted by atomic mass is 10.2. The van der Waals surface area contributed by atoms with Crippen LogP contribution in [0.25, 0.3) is 5.69 Å². The minimum Gasteiger partial charge on any atom is -0.394 e. The molecule has 4 nitrogen and oxygen atoms in total. The molecule has 1 atom stereocenters. The summed E-state index contributed by atoms with van der Waals surface area (Å²) in [5.74, 6) is -0.609. The Balaban J connectivity index is 2.43. The number of aromatic nitrogens is 1. The number of benzene rings is 1. The van der Waals surface area contributed by atoms with E-state index in [0.717, 1.165) is 5.69 Å². The Morgan fingerprint density at radius 3 is 2.67 bits per heavy atom. The van der Waals surface area contributed by atoms with Crippen LogP contribution in [0, 0.1) is 19.7 Å². The highest BCUT2D eigenvalue weighted by molar-refractivity contribution is 5.96. The standard InChI is InChI=1S/C16H19FN2O2/c1-10(9-20)18-16(21)13-8-11(2)19(12(13)3)15-7-5-4-6-14(15)17/h4-8,10,20H,9H2,1-3H3,(H,18,21)/t10-/m0/s1. The van der Waals surface area contributed by atoms with Crippen LogP contribution in [0.1, 0.15) is 28.7 Å². The number of rotatable bonds is 4. The van der Waals surface area contributed by atoms with Crippen molar-refractivity contribution in [1.29, 1.82) is 0 Å². The van der Waals surface area contributed by atoms with Crippen LogP contribution in [0.4, 0.5) is 4.39 Å². The third-order valence-corrected chi connectivity index (χ3v) is 3.42. The van der Waals surface area contributed by atoms with E-state index in [-0.39, 0.29) is 24.4 Å². The van der Waals surface area contributed by atoms with Crippen LogP contribution in [-0.4, -0.2) is 28.2 Å². The topological polar surface area (TPSA) is 54.3 Å². The monoisotopic (exact) mass is 290 g/mol. The Morgan fingerprint density at radius 1 is 1.38 bits per heavy atom. The van der Waals surface area contributed by atoms with Gasteiger partial charge in [-0.05, 0) is 39.0 Å². The van der Waals surface area contributed by atoms with Crippen molar-refractivity contribution in [3.05, 3.63) is 53.1 Å². The van der Waals surface area contributed by atoms with Crippen LogP contribution in [0.15, 0.2) is 30.3 Å². The minimum absolute atomic E-state index is 0.127. The average Bonchev–Trinajstić information content (AvgIpc) is 2.75. The average molecular weight is 290 g/mol. The number of aliphatic hydroxyl groups is 1. The maximum Gasteiger partial charge on any atom is 0.253 e. The van der Waals surface area contributed by atoms with Crippen LogP contribution in [0.3, 0.4) is 0 Å². The Morgan fingerprint density at radius 2 is 2.05 bits per heavy atom. The molecule has 0 aliphatic rings. The second-order valence-corrected chi connectivity index (χ2v) is 5.13. The molecule has 1 aromatic heterocycles. The summed E-state index contributed by atoms with van der Waals surface area (Å²) in [6, 6.07) is 7.85. The number of carbonyl (C=O) groups excluding carboxylic acids is 1. The minimum atomic E-state index is -0.338. The molecule has 0 radical (unpaired) electrons. The smallest absolute Gasteiger partial charge is 0.253 e. The van der Waals surface area contributed by atoms with E-state index in [0.29, 0.717) is 16.9 Å². The van der Waals surface area contributed by atoms with Crippen molar-refractivity contribution in [2.75, 3.05) is 6.61 Å². The number of para-hydroxylation sites is 1. The molecular formula is C16H19FN2O2. The van der Waals surface area contributed by atoms with Gasteiger partial charge in [0.05, 0.1) is 17.9 Å². The number of hydrogen-bond acceptors (Lipinski definition) is 2. The van der Waals surface area contributed by atoms with Gasteiger partial charge in [0.2, 0.25) is 0 Å². The third kappa shape index (κ3) is 2.97. The van der Waals surface area contributed by atoms with Gasteiger partial charge < -0.3 is 15.0 Å². The molecule has 1 aromatic carbocycles. The normalized spacial score (nSPS) is 12.2. The molecule has 2 N–H and O–H groups in total. The number of hydrogen-bond donors (Lipinski definition) is 2. The van der Waals surface area contributed by atoms with Crippen LogP contribution in [-0.2, 0) is 0 Å². The first-order chi connectivity index (χ1) is 9.95. The maximum absolute atomic E-state index is 14.0. The highest BCUT2D eigenvalue weighted by Gasteiger charge is 2.19. The Labute approximate surface area is 123 Å². The fourth-order valence-electron chi connectivity index (χ4n) is 2.34. The van der Waals surface area contributed by atoms with E-state index in [1.165, 1.54) is 6.07 Å². The zero-order valence-electron chi connectivity index (χ0n) is 12.4. The van der Waals surface area contributed by atoms with Gasteiger partial charge in [0, 0.05) is 17.4 Å². The van der Waals surface area contributed by atoms with Crippen molar-refractivity contribution < 1.29 is 14.3 Å². The molecule has 0 bridgehead atoms. The molecule has 0 aliphatic heterocycles. The highest BCUT2D eigenvalue weighted by atomic mass is 19.1. The maximum atomic E-state index is 14.0. The summed E-state index contributed by atoms with van der Waals surface area (Å²) in [6.07, 6.45) is 0. The van der Waals surface area contributed by atoms with Gasteiger partial charge in [-0.15, -0.1) is 0 Å². The number of halogens is 1. The van der Waals surface area contributed by atoms with Gasteiger partial charge in [-0.1, -0.05) is 12.1 Å². The summed E-state index contributed by atoms with van der Waals surface area (Å²) < 4.78 is 15.7. The van der Waals surface area contributed by atoms with E-state index < -0.39 is 0 Å². The van der Waals surface area contributed by atoms with Crippen LogP contribution in [0.2, 0.25) is 0 Å². The summed E-state index contributed by atoms with van der Waals surface area (Å²) in [4.78, 5) is 12.2. The van der Waals surface area contributed by atoms with Gasteiger partial charge >= 0.3 is 0 Å². The lowest BCUT2D eigenvalue weighted by Crippen LogP contribution is -2.35. The quantitative estimate of drug-likeness (QED) is 0.908. The summed E-state index contributed by atoms with van der Waals surface area (Å²) in [7, 11) is 0. The predicted octanol–water partition coefficient (Wildman–Crippen LogP) is 2.34. The van der Waals surface area contributed by atoms with Gasteiger partial charge in [-0.25, -0.2) is 4.39 Å². The molecule has 21 heavy (non-hydrogen) atoms. The number of nitrogens with one attached hydrogen (secondary N) is 1. The van der Waals surface area contributed by atoms with Crippen molar-refractivity contribution in [1.82, 2.24) is 9.88 Å². The second kappa shape index (κ2) is 6.10. The fourth-order valence-corrected chi connectivity index (χ4v) is 2.34.